The predicted octanol–water partition coefficient (Wildman–Crippen LogP) is 3.04. The summed E-state index contributed by atoms with van der Waals surface area (Å²) in [5.74, 6) is 0. The summed E-state index contributed by atoms with van der Waals surface area (Å²) < 4.78 is 0. The van der Waals surface area contributed by atoms with E-state index in [0.717, 1.165) is 31.6 Å². The molecule has 0 amide bonds. The van der Waals surface area contributed by atoms with Crippen LogP contribution in [0.15, 0.2) is 35.8 Å². The van der Waals surface area contributed by atoms with Gasteiger partial charge in [-0.3, -0.25) is 4.98 Å². The topological polar surface area (TPSA) is 24.9 Å². The molecule has 1 N–H and O–H groups in total. The van der Waals surface area contributed by atoms with E-state index < -0.39 is 0 Å². The number of nitrogens with zero attached hydrogens (tertiary/aromatic N) is 1. The standard InChI is InChI=1S/C14H18N2S/c1-2-12-7-10-17-14(12)11-15-9-6-13-5-3-4-8-16-13/h3-5,7-8,10,15H,2,6,9,11H2,1H3. The minimum atomic E-state index is 0.980. The Bertz CT molecular complexity index is 436. The van der Waals surface area contributed by atoms with Gasteiger partial charge in [0.05, 0.1) is 0 Å². The second kappa shape index (κ2) is 6.52. The Morgan fingerprint density at radius 1 is 1.29 bits per heavy atom. The highest BCUT2D eigenvalue weighted by atomic mass is 32.1. The first kappa shape index (κ1) is 12.3. The average molecular weight is 246 g/mol. The molecular weight excluding hydrogens is 228 g/mol. The monoisotopic (exact) mass is 246 g/mol. The number of rotatable bonds is 6. The van der Waals surface area contributed by atoms with Gasteiger partial charge in [0.2, 0.25) is 0 Å². The van der Waals surface area contributed by atoms with Crippen molar-refractivity contribution in [1.29, 1.82) is 0 Å². The fourth-order valence-corrected chi connectivity index (χ4v) is 2.75. The molecule has 0 fully saturated rings. The number of hydrogen-bond donors (Lipinski definition) is 1. The van der Waals surface area contributed by atoms with Gasteiger partial charge in [0.1, 0.15) is 0 Å². The van der Waals surface area contributed by atoms with Crippen molar-refractivity contribution < 1.29 is 0 Å². The first-order chi connectivity index (χ1) is 8.40. The second-order valence-corrected chi connectivity index (χ2v) is 4.97. The zero-order valence-electron chi connectivity index (χ0n) is 10.1. The van der Waals surface area contributed by atoms with E-state index in [1.165, 1.54) is 10.4 Å². The zero-order valence-corrected chi connectivity index (χ0v) is 11.0. The number of nitrogens with one attached hydrogen (secondary N) is 1. The molecule has 0 aliphatic heterocycles. The molecule has 0 aliphatic carbocycles. The first-order valence-electron chi connectivity index (χ1n) is 6.06. The third-order valence-corrected chi connectivity index (χ3v) is 3.75. The molecule has 90 valence electrons. The molecule has 2 aromatic rings. The van der Waals surface area contributed by atoms with Crippen LogP contribution in [0.4, 0.5) is 0 Å². The van der Waals surface area contributed by atoms with Crippen LogP contribution in [0.2, 0.25) is 0 Å². The number of aryl methyl sites for hydroxylation is 1. The van der Waals surface area contributed by atoms with Crippen LogP contribution in [-0.2, 0) is 19.4 Å². The molecule has 3 heteroatoms. The largest absolute Gasteiger partial charge is 0.311 e. The molecule has 0 spiro atoms. The van der Waals surface area contributed by atoms with E-state index in [1.807, 2.05) is 29.7 Å². The van der Waals surface area contributed by atoms with E-state index in [2.05, 4.69) is 34.7 Å². The minimum absolute atomic E-state index is 0.980. The predicted molar refractivity (Wildman–Crippen MR) is 73.3 cm³/mol. The van der Waals surface area contributed by atoms with E-state index in [1.54, 1.807) is 0 Å². The molecule has 2 heterocycles. The highest BCUT2D eigenvalue weighted by molar-refractivity contribution is 7.10. The van der Waals surface area contributed by atoms with Gasteiger partial charge in [-0.15, -0.1) is 11.3 Å². The number of pyridine rings is 1. The number of aromatic nitrogens is 1. The van der Waals surface area contributed by atoms with Crippen LogP contribution in [0.5, 0.6) is 0 Å². The SMILES string of the molecule is CCc1ccsc1CNCCc1ccccn1. The van der Waals surface area contributed by atoms with E-state index in [0.29, 0.717) is 0 Å². The quantitative estimate of drug-likeness (QED) is 0.792. The van der Waals surface area contributed by atoms with Crippen LogP contribution >= 0.6 is 11.3 Å². The molecule has 0 aliphatic rings. The second-order valence-electron chi connectivity index (χ2n) is 3.97. The molecule has 0 radical (unpaired) electrons. The molecule has 0 bridgehead atoms. The van der Waals surface area contributed by atoms with E-state index in [-0.39, 0.29) is 0 Å². The fraction of sp³-hybridized carbons (Fsp3) is 0.357. The smallest absolute Gasteiger partial charge is 0.0416 e. The van der Waals surface area contributed by atoms with Gasteiger partial charge in [0, 0.05) is 36.3 Å². The lowest BCUT2D eigenvalue weighted by molar-refractivity contribution is 0.683. The Kier molecular flexibility index (Phi) is 4.71. The fourth-order valence-electron chi connectivity index (χ4n) is 1.80. The molecule has 2 nitrogen and oxygen atoms in total. The van der Waals surface area contributed by atoms with Gasteiger partial charge >= 0.3 is 0 Å². The maximum atomic E-state index is 4.31. The summed E-state index contributed by atoms with van der Waals surface area (Å²) in [6, 6.07) is 8.29. The number of hydrogen-bond acceptors (Lipinski definition) is 3. The lowest BCUT2D eigenvalue weighted by atomic mass is 10.2. The van der Waals surface area contributed by atoms with E-state index in [4.69, 9.17) is 0 Å². The van der Waals surface area contributed by atoms with Crippen LogP contribution in [0, 0.1) is 0 Å². The summed E-state index contributed by atoms with van der Waals surface area (Å²) in [5, 5.41) is 5.66. The van der Waals surface area contributed by atoms with Gasteiger partial charge in [-0.1, -0.05) is 13.0 Å². The van der Waals surface area contributed by atoms with Crippen LogP contribution in [0.3, 0.4) is 0 Å². The molecule has 2 aromatic heterocycles. The molecule has 0 unspecified atom stereocenters. The molecule has 0 saturated carbocycles. The van der Waals surface area contributed by atoms with Crippen molar-refractivity contribution in [3.63, 3.8) is 0 Å². The van der Waals surface area contributed by atoms with Gasteiger partial charge in [-0.05, 0) is 35.6 Å². The van der Waals surface area contributed by atoms with Crippen LogP contribution < -0.4 is 5.32 Å². The van der Waals surface area contributed by atoms with Gasteiger partial charge < -0.3 is 5.32 Å². The molecule has 0 aromatic carbocycles. The molecule has 0 saturated heterocycles. The van der Waals surface area contributed by atoms with Crippen molar-refractivity contribution in [2.24, 2.45) is 0 Å². The Morgan fingerprint density at radius 2 is 2.24 bits per heavy atom. The summed E-state index contributed by atoms with van der Waals surface area (Å²) in [6.45, 7) is 4.17. The van der Waals surface area contributed by atoms with E-state index >= 15 is 0 Å². The summed E-state index contributed by atoms with van der Waals surface area (Å²) in [4.78, 5) is 5.78. The highest BCUT2D eigenvalue weighted by Gasteiger charge is 2.01. The first-order valence-corrected chi connectivity index (χ1v) is 6.94. The van der Waals surface area contributed by atoms with Gasteiger partial charge in [0.15, 0.2) is 0 Å². The van der Waals surface area contributed by atoms with Crippen LogP contribution in [0.1, 0.15) is 23.1 Å². The average Bonchev–Trinajstić information content (AvgIpc) is 2.83. The molecule has 0 atom stereocenters. The Morgan fingerprint density at radius 3 is 3.00 bits per heavy atom. The summed E-state index contributed by atoms with van der Waals surface area (Å²) >= 11 is 1.84. The van der Waals surface area contributed by atoms with Crippen molar-refractivity contribution in [2.75, 3.05) is 6.54 Å². The Labute approximate surface area is 107 Å². The van der Waals surface area contributed by atoms with Crippen molar-refractivity contribution in [1.82, 2.24) is 10.3 Å². The van der Waals surface area contributed by atoms with Crippen molar-refractivity contribution in [2.45, 2.75) is 26.3 Å². The van der Waals surface area contributed by atoms with Gasteiger partial charge in [-0.2, -0.15) is 0 Å². The summed E-state index contributed by atoms with van der Waals surface area (Å²) in [7, 11) is 0. The number of thiophene rings is 1. The van der Waals surface area contributed by atoms with Crippen molar-refractivity contribution in [3.05, 3.63) is 52.0 Å². The summed E-state index contributed by atoms with van der Waals surface area (Å²) in [6.07, 6.45) is 3.97. The maximum Gasteiger partial charge on any atom is 0.0416 e. The lowest BCUT2D eigenvalue weighted by Crippen LogP contribution is -2.17. The zero-order chi connectivity index (χ0) is 11.9. The third kappa shape index (κ3) is 3.65. The minimum Gasteiger partial charge on any atom is -0.311 e. The Balaban J connectivity index is 1.73. The third-order valence-electron chi connectivity index (χ3n) is 2.79. The van der Waals surface area contributed by atoms with Gasteiger partial charge in [0.25, 0.3) is 0 Å². The highest BCUT2D eigenvalue weighted by Crippen LogP contribution is 2.16. The molecule has 17 heavy (non-hydrogen) atoms. The molecular formula is C14H18N2S. The Hall–Kier alpha value is -1.19. The lowest BCUT2D eigenvalue weighted by Gasteiger charge is -2.04. The normalized spacial score (nSPS) is 10.6. The van der Waals surface area contributed by atoms with Crippen molar-refractivity contribution in [3.8, 4) is 0 Å². The van der Waals surface area contributed by atoms with Crippen molar-refractivity contribution >= 4 is 11.3 Å². The maximum absolute atomic E-state index is 4.31. The van der Waals surface area contributed by atoms with Crippen LogP contribution in [0.25, 0.3) is 0 Å². The van der Waals surface area contributed by atoms with Gasteiger partial charge in [-0.25, -0.2) is 0 Å². The van der Waals surface area contributed by atoms with Crippen LogP contribution in [-0.4, -0.2) is 11.5 Å². The van der Waals surface area contributed by atoms with E-state index in [9.17, 15) is 0 Å². The molecule has 2 rings (SSSR count). The summed E-state index contributed by atoms with van der Waals surface area (Å²) in [5.41, 5.74) is 2.63.